The molecule has 1 aliphatic rings. The molecule has 44 heavy (non-hydrogen) atoms. The molecular weight excluding hydrogens is 532 g/mol. The largest absolute Gasteiger partial charge is 0.313 e. The lowest BCUT2D eigenvalue weighted by molar-refractivity contribution is 0.888. The lowest BCUT2D eigenvalue weighted by Gasteiger charge is -2.14. The summed E-state index contributed by atoms with van der Waals surface area (Å²) >= 11 is 0. The van der Waals surface area contributed by atoms with E-state index >= 15 is 0 Å². The van der Waals surface area contributed by atoms with Crippen molar-refractivity contribution in [1.29, 1.82) is 0 Å². The van der Waals surface area contributed by atoms with Gasteiger partial charge in [-0.1, -0.05) is 109 Å². The van der Waals surface area contributed by atoms with Crippen molar-refractivity contribution in [2.24, 2.45) is 0 Å². The third kappa shape index (κ3) is 3.81. The molecule has 0 bridgehead atoms. The van der Waals surface area contributed by atoms with E-state index in [1.165, 1.54) is 77.6 Å². The second-order valence-corrected chi connectivity index (χ2v) is 11.7. The van der Waals surface area contributed by atoms with E-state index in [2.05, 4.69) is 167 Å². The van der Waals surface area contributed by atoms with E-state index in [1.54, 1.807) is 0 Å². The minimum atomic E-state index is 1.03. The second kappa shape index (κ2) is 10.00. The predicted molar refractivity (Wildman–Crippen MR) is 186 cm³/mol. The number of fused-ring (bicyclic) bond motifs is 7. The molecule has 2 heterocycles. The van der Waals surface area contributed by atoms with Gasteiger partial charge in [0.15, 0.2) is 0 Å². The molecule has 0 saturated heterocycles. The molecular formula is C42H30N2. The van der Waals surface area contributed by atoms with Crippen molar-refractivity contribution in [2.75, 3.05) is 0 Å². The van der Waals surface area contributed by atoms with Crippen LogP contribution < -0.4 is 0 Å². The van der Waals surface area contributed by atoms with Crippen LogP contribution >= 0.6 is 0 Å². The SMILES string of the molecule is C1=Cc2c(n(-c3ccc(-c4cccc(-c5ccccc5)c4)cc3)c3ccc4c(c5ccccc5n4-c4ccccc4)c23)CC1. The zero-order valence-corrected chi connectivity index (χ0v) is 24.3. The first-order valence-corrected chi connectivity index (χ1v) is 15.4. The Morgan fingerprint density at radius 1 is 0.432 bits per heavy atom. The zero-order valence-electron chi connectivity index (χ0n) is 24.3. The molecule has 208 valence electrons. The second-order valence-electron chi connectivity index (χ2n) is 11.7. The number of benzene rings is 6. The molecule has 0 N–H and O–H groups in total. The molecule has 6 aromatic carbocycles. The van der Waals surface area contributed by atoms with Crippen LogP contribution in [0.25, 0.3) is 72.4 Å². The Bertz CT molecular complexity index is 2350. The van der Waals surface area contributed by atoms with E-state index in [-0.39, 0.29) is 0 Å². The number of hydrogen-bond acceptors (Lipinski definition) is 0. The molecule has 0 radical (unpaired) electrons. The van der Waals surface area contributed by atoms with Crippen molar-refractivity contribution in [3.63, 3.8) is 0 Å². The maximum Gasteiger partial charge on any atom is 0.0548 e. The quantitative estimate of drug-likeness (QED) is 0.202. The molecule has 2 nitrogen and oxygen atoms in total. The fourth-order valence-corrected chi connectivity index (χ4v) is 7.23. The van der Waals surface area contributed by atoms with Gasteiger partial charge in [0.1, 0.15) is 0 Å². The van der Waals surface area contributed by atoms with Gasteiger partial charge in [0.05, 0.1) is 16.6 Å². The molecule has 0 saturated carbocycles. The number of aromatic nitrogens is 2. The standard InChI is InChI=1S/C42H30N2/c1-3-12-29(13-4-1)31-14-11-15-32(28-31)30-22-24-34(25-23-30)44-38-21-10-8-19-36(38)42-40(44)27-26-39-41(42)35-18-7-9-20-37(35)43(39)33-16-5-2-6-17-33/h1-9,11-20,22-28H,10,21H2. The van der Waals surface area contributed by atoms with Gasteiger partial charge in [0, 0.05) is 38.8 Å². The molecule has 0 amide bonds. The molecule has 0 unspecified atom stereocenters. The fourth-order valence-electron chi connectivity index (χ4n) is 7.23. The first-order valence-electron chi connectivity index (χ1n) is 15.4. The summed E-state index contributed by atoms with van der Waals surface area (Å²) < 4.78 is 4.92. The Balaban J connectivity index is 1.24. The first kappa shape index (κ1) is 24.9. The van der Waals surface area contributed by atoms with Crippen LogP contribution in [0.15, 0.2) is 152 Å². The van der Waals surface area contributed by atoms with Crippen molar-refractivity contribution in [3.8, 4) is 33.6 Å². The molecule has 0 atom stereocenters. The first-order chi connectivity index (χ1) is 21.8. The number of rotatable bonds is 4. The van der Waals surface area contributed by atoms with Gasteiger partial charge in [-0.25, -0.2) is 0 Å². The van der Waals surface area contributed by atoms with Crippen molar-refractivity contribution in [3.05, 3.63) is 163 Å². The molecule has 1 aliphatic carbocycles. The summed E-state index contributed by atoms with van der Waals surface area (Å²) in [5.41, 5.74) is 13.8. The van der Waals surface area contributed by atoms with Gasteiger partial charge in [-0.3, -0.25) is 0 Å². The van der Waals surface area contributed by atoms with Gasteiger partial charge in [0.25, 0.3) is 0 Å². The molecule has 2 aromatic heterocycles. The van der Waals surface area contributed by atoms with Gasteiger partial charge >= 0.3 is 0 Å². The van der Waals surface area contributed by atoms with Crippen molar-refractivity contribution < 1.29 is 0 Å². The van der Waals surface area contributed by atoms with Crippen molar-refractivity contribution >= 4 is 38.8 Å². The lowest BCUT2D eigenvalue weighted by atomic mass is 9.99. The topological polar surface area (TPSA) is 9.86 Å². The minimum Gasteiger partial charge on any atom is -0.313 e. The number of para-hydroxylation sites is 2. The average molecular weight is 563 g/mol. The third-order valence-electron chi connectivity index (χ3n) is 9.18. The van der Waals surface area contributed by atoms with Crippen LogP contribution in [0.1, 0.15) is 17.7 Å². The van der Waals surface area contributed by atoms with E-state index in [4.69, 9.17) is 0 Å². The highest BCUT2D eigenvalue weighted by molar-refractivity contribution is 6.23. The molecule has 0 spiro atoms. The normalized spacial score (nSPS) is 12.7. The van der Waals surface area contributed by atoms with Crippen LogP contribution in [-0.4, -0.2) is 9.13 Å². The summed E-state index contributed by atoms with van der Waals surface area (Å²) in [6, 6.07) is 52.8. The fraction of sp³-hybridized carbons (Fsp3) is 0.0476. The van der Waals surface area contributed by atoms with Crippen LogP contribution in [0, 0.1) is 0 Å². The van der Waals surface area contributed by atoms with Crippen LogP contribution in [0.2, 0.25) is 0 Å². The van der Waals surface area contributed by atoms with Gasteiger partial charge in [-0.15, -0.1) is 0 Å². The predicted octanol–water partition coefficient (Wildman–Crippen LogP) is 11.0. The van der Waals surface area contributed by atoms with E-state index in [1.807, 2.05) is 0 Å². The Labute approximate surface area is 256 Å². The van der Waals surface area contributed by atoms with Crippen molar-refractivity contribution in [1.82, 2.24) is 9.13 Å². The van der Waals surface area contributed by atoms with Crippen molar-refractivity contribution in [2.45, 2.75) is 12.8 Å². The number of nitrogens with zero attached hydrogens (tertiary/aromatic N) is 2. The smallest absolute Gasteiger partial charge is 0.0548 e. The van der Waals surface area contributed by atoms with E-state index < -0.39 is 0 Å². The van der Waals surface area contributed by atoms with Crippen LogP contribution in [0.3, 0.4) is 0 Å². The summed E-state index contributed by atoms with van der Waals surface area (Å²) in [5, 5.41) is 3.97. The minimum absolute atomic E-state index is 1.03. The summed E-state index contributed by atoms with van der Waals surface area (Å²) in [5.74, 6) is 0. The Hall–Kier alpha value is -5.60. The number of hydrogen-bond donors (Lipinski definition) is 0. The van der Waals surface area contributed by atoms with Gasteiger partial charge < -0.3 is 9.13 Å². The maximum atomic E-state index is 2.51. The van der Waals surface area contributed by atoms with E-state index in [0.29, 0.717) is 0 Å². The van der Waals surface area contributed by atoms with Crippen LogP contribution in [0.4, 0.5) is 0 Å². The zero-order chi connectivity index (χ0) is 29.0. The highest BCUT2D eigenvalue weighted by Gasteiger charge is 2.23. The monoisotopic (exact) mass is 562 g/mol. The van der Waals surface area contributed by atoms with E-state index in [9.17, 15) is 0 Å². The molecule has 2 heteroatoms. The Morgan fingerprint density at radius 2 is 1.05 bits per heavy atom. The molecule has 0 fully saturated rings. The maximum absolute atomic E-state index is 2.51. The summed E-state index contributed by atoms with van der Waals surface area (Å²) in [4.78, 5) is 0. The lowest BCUT2D eigenvalue weighted by Crippen LogP contribution is -2.02. The van der Waals surface area contributed by atoms with Crippen LogP contribution in [-0.2, 0) is 6.42 Å². The van der Waals surface area contributed by atoms with Crippen LogP contribution in [0.5, 0.6) is 0 Å². The van der Waals surface area contributed by atoms with Gasteiger partial charge in [-0.05, 0) is 83.6 Å². The molecule has 0 aliphatic heterocycles. The Morgan fingerprint density at radius 3 is 1.82 bits per heavy atom. The van der Waals surface area contributed by atoms with Gasteiger partial charge in [-0.2, -0.15) is 0 Å². The summed E-state index contributed by atoms with van der Waals surface area (Å²) in [6.45, 7) is 0. The molecule has 8 aromatic rings. The highest BCUT2D eigenvalue weighted by atomic mass is 15.0. The van der Waals surface area contributed by atoms with Gasteiger partial charge in [0.2, 0.25) is 0 Å². The van der Waals surface area contributed by atoms with E-state index in [0.717, 1.165) is 12.8 Å². The molecule has 9 rings (SSSR count). The highest BCUT2D eigenvalue weighted by Crippen LogP contribution is 2.43. The number of allylic oxidation sites excluding steroid dienone is 1. The summed E-state index contributed by atoms with van der Waals surface area (Å²) in [6.07, 6.45) is 6.78. The third-order valence-corrected chi connectivity index (χ3v) is 9.18. The Kier molecular flexibility index (Phi) is 5.67. The average Bonchev–Trinajstić information content (AvgIpc) is 3.62. The summed E-state index contributed by atoms with van der Waals surface area (Å²) in [7, 11) is 0.